The van der Waals surface area contributed by atoms with E-state index in [-0.39, 0.29) is 0 Å². The molecule has 2 aromatic rings. The highest BCUT2D eigenvalue weighted by Crippen LogP contribution is 2.20. The molecule has 2 rings (SSSR count). The van der Waals surface area contributed by atoms with Crippen LogP contribution in [-0.2, 0) is 4.79 Å². The molecule has 0 aliphatic heterocycles. The molecule has 1 unspecified atom stereocenters. The molecule has 4 nitrogen and oxygen atoms in total. The number of benzene rings is 1. The van der Waals surface area contributed by atoms with E-state index >= 15 is 0 Å². The normalized spacial score (nSPS) is 11.5. The number of thiophene rings is 1. The first-order valence-corrected chi connectivity index (χ1v) is 7.20. The number of nitriles is 1. The molecule has 0 aliphatic carbocycles. The molecule has 5 heteroatoms. The number of rotatable bonds is 4. The molecule has 1 amide bonds. The van der Waals surface area contributed by atoms with Crippen LogP contribution in [0.15, 0.2) is 36.4 Å². The van der Waals surface area contributed by atoms with Crippen molar-refractivity contribution in [2.24, 2.45) is 5.92 Å². The molecule has 0 spiro atoms. The van der Waals surface area contributed by atoms with E-state index in [1.165, 1.54) is 11.3 Å². The fourth-order valence-electron chi connectivity index (χ4n) is 1.80. The van der Waals surface area contributed by atoms with Crippen molar-refractivity contribution in [3.63, 3.8) is 0 Å². The van der Waals surface area contributed by atoms with Gasteiger partial charge in [0.2, 0.25) is 5.91 Å². The zero-order chi connectivity index (χ0) is 15.4. The Hall–Kier alpha value is -2.45. The monoisotopic (exact) mass is 298 g/mol. The second-order valence-corrected chi connectivity index (χ2v) is 5.98. The topological polar surface area (TPSA) is 70.0 Å². The Morgan fingerprint density at radius 2 is 1.81 bits per heavy atom. The molecule has 0 radical (unpaired) electrons. The maximum atomic E-state index is 12.2. The van der Waals surface area contributed by atoms with Crippen molar-refractivity contribution in [2.45, 2.75) is 13.8 Å². The molecule has 106 valence electrons. The predicted octanol–water partition coefficient (Wildman–Crippen LogP) is 3.33. The Morgan fingerprint density at radius 3 is 2.33 bits per heavy atom. The molecule has 0 aliphatic rings. The van der Waals surface area contributed by atoms with Crippen molar-refractivity contribution in [2.75, 3.05) is 5.32 Å². The molecule has 1 heterocycles. The number of aryl methyl sites for hydroxylation is 2. The highest BCUT2D eigenvalue weighted by molar-refractivity contribution is 7.14. The van der Waals surface area contributed by atoms with Crippen LogP contribution in [0.25, 0.3) is 0 Å². The van der Waals surface area contributed by atoms with Gasteiger partial charge in [0.25, 0.3) is 0 Å². The Kier molecular flexibility index (Phi) is 4.51. The lowest BCUT2D eigenvalue weighted by Gasteiger charge is -2.09. The van der Waals surface area contributed by atoms with Gasteiger partial charge in [-0.25, -0.2) is 0 Å². The van der Waals surface area contributed by atoms with Gasteiger partial charge in [-0.2, -0.15) is 5.26 Å². The van der Waals surface area contributed by atoms with E-state index in [1.54, 1.807) is 30.3 Å². The Balaban J connectivity index is 2.14. The van der Waals surface area contributed by atoms with Crippen molar-refractivity contribution < 1.29 is 9.59 Å². The van der Waals surface area contributed by atoms with Crippen LogP contribution in [0.5, 0.6) is 0 Å². The summed E-state index contributed by atoms with van der Waals surface area (Å²) in [6, 6.07) is 12.4. The van der Waals surface area contributed by atoms with E-state index in [0.717, 1.165) is 10.4 Å². The van der Waals surface area contributed by atoms with E-state index in [2.05, 4.69) is 5.32 Å². The molecule has 0 fully saturated rings. The molecule has 1 aromatic heterocycles. The zero-order valence-corrected chi connectivity index (χ0v) is 12.5. The lowest BCUT2D eigenvalue weighted by Crippen LogP contribution is -2.28. The van der Waals surface area contributed by atoms with Crippen molar-refractivity contribution in [1.29, 1.82) is 5.26 Å². The van der Waals surface area contributed by atoms with E-state index in [4.69, 9.17) is 5.26 Å². The lowest BCUT2D eigenvalue weighted by atomic mass is 10.0. The van der Waals surface area contributed by atoms with Gasteiger partial charge in [0, 0.05) is 10.6 Å². The van der Waals surface area contributed by atoms with Crippen LogP contribution in [0.4, 0.5) is 5.69 Å². The quantitative estimate of drug-likeness (QED) is 0.695. The number of carbonyl (C=O) groups excluding carboxylic acids is 2. The number of nitrogens with zero attached hydrogens (tertiary/aromatic N) is 1. The summed E-state index contributed by atoms with van der Waals surface area (Å²) in [4.78, 5) is 25.7. The van der Waals surface area contributed by atoms with Crippen molar-refractivity contribution in [3.05, 3.63) is 51.7 Å². The average molecular weight is 298 g/mol. The van der Waals surface area contributed by atoms with Crippen molar-refractivity contribution in [3.8, 4) is 6.07 Å². The summed E-state index contributed by atoms with van der Waals surface area (Å²) in [5.74, 6) is -2.39. The smallest absolute Gasteiger partial charge is 0.249 e. The number of amides is 1. The maximum Gasteiger partial charge on any atom is 0.249 e. The first-order valence-electron chi connectivity index (χ1n) is 6.39. The molecule has 1 aromatic carbocycles. The summed E-state index contributed by atoms with van der Waals surface area (Å²) in [7, 11) is 0. The number of anilines is 1. The maximum absolute atomic E-state index is 12.2. The highest BCUT2D eigenvalue weighted by Gasteiger charge is 2.28. The lowest BCUT2D eigenvalue weighted by molar-refractivity contribution is -0.117. The van der Waals surface area contributed by atoms with E-state index in [1.807, 2.05) is 26.0 Å². The minimum atomic E-state index is -1.33. The SMILES string of the molecule is Cc1ccc(NC(=O)C(C#N)C(=O)c2ccc(C)s2)cc1. The first-order chi connectivity index (χ1) is 10.0. The molecule has 1 N–H and O–H groups in total. The van der Waals surface area contributed by atoms with Crippen LogP contribution in [0.1, 0.15) is 20.1 Å². The van der Waals surface area contributed by atoms with E-state index < -0.39 is 17.6 Å². The summed E-state index contributed by atoms with van der Waals surface area (Å²) in [5, 5.41) is 11.7. The zero-order valence-electron chi connectivity index (χ0n) is 11.7. The number of ketones is 1. The fraction of sp³-hybridized carbons (Fsp3) is 0.188. The number of nitrogens with one attached hydrogen (secondary N) is 1. The van der Waals surface area contributed by atoms with Crippen molar-refractivity contribution >= 4 is 28.7 Å². The van der Waals surface area contributed by atoms with Crippen LogP contribution < -0.4 is 5.32 Å². The van der Waals surface area contributed by atoms with Gasteiger partial charge in [-0.05, 0) is 38.1 Å². The third-order valence-corrected chi connectivity index (χ3v) is 3.97. The fourth-order valence-corrected chi connectivity index (χ4v) is 2.63. The van der Waals surface area contributed by atoms with Crippen LogP contribution in [0, 0.1) is 31.1 Å². The van der Waals surface area contributed by atoms with Gasteiger partial charge in [0.1, 0.15) is 0 Å². The summed E-state index contributed by atoms with van der Waals surface area (Å²) in [6.45, 7) is 3.81. The van der Waals surface area contributed by atoms with Gasteiger partial charge < -0.3 is 5.32 Å². The standard InChI is InChI=1S/C16H14N2O2S/c1-10-3-6-12(7-4-10)18-16(20)13(9-17)15(19)14-8-5-11(2)21-14/h3-8,13H,1-2H3,(H,18,20). The molecule has 0 saturated carbocycles. The number of Topliss-reactive ketones (excluding diaryl/α,β-unsaturated/α-hetero) is 1. The minimum Gasteiger partial charge on any atom is -0.325 e. The first kappa shape index (κ1) is 14.9. The summed E-state index contributed by atoms with van der Waals surface area (Å²) in [6.07, 6.45) is 0. The number of carbonyl (C=O) groups is 2. The largest absolute Gasteiger partial charge is 0.325 e. The molecular formula is C16H14N2O2S. The number of hydrogen-bond donors (Lipinski definition) is 1. The average Bonchev–Trinajstić information content (AvgIpc) is 2.89. The molecule has 0 saturated heterocycles. The van der Waals surface area contributed by atoms with Gasteiger partial charge >= 0.3 is 0 Å². The van der Waals surface area contributed by atoms with Crippen LogP contribution in [0.3, 0.4) is 0 Å². The van der Waals surface area contributed by atoms with E-state index in [9.17, 15) is 9.59 Å². The third-order valence-electron chi connectivity index (χ3n) is 2.96. The predicted molar refractivity (Wildman–Crippen MR) is 82.3 cm³/mol. The Morgan fingerprint density at radius 1 is 1.14 bits per heavy atom. The highest BCUT2D eigenvalue weighted by atomic mass is 32.1. The second kappa shape index (κ2) is 6.33. The number of hydrogen-bond acceptors (Lipinski definition) is 4. The van der Waals surface area contributed by atoms with Gasteiger partial charge in [-0.1, -0.05) is 17.7 Å². The van der Waals surface area contributed by atoms with Gasteiger partial charge in [0.05, 0.1) is 10.9 Å². The summed E-state index contributed by atoms with van der Waals surface area (Å²) < 4.78 is 0. The van der Waals surface area contributed by atoms with Crippen molar-refractivity contribution in [1.82, 2.24) is 0 Å². The Labute approximate surface area is 127 Å². The van der Waals surface area contributed by atoms with Gasteiger partial charge in [-0.15, -0.1) is 11.3 Å². The Bertz CT molecular complexity index is 711. The van der Waals surface area contributed by atoms with Crippen LogP contribution in [0.2, 0.25) is 0 Å². The molecule has 1 atom stereocenters. The summed E-state index contributed by atoms with van der Waals surface area (Å²) >= 11 is 1.28. The summed E-state index contributed by atoms with van der Waals surface area (Å²) in [5.41, 5.74) is 1.64. The van der Waals surface area contributed by atoms with Crippen LogP contribution >= 0.6 is 11.3 Å². The minimum absolute atomic E-state index is 0.429. The molecular weight excluding hydrogens is 284 g/mol. The third kappa shape index (κ3) is 3.56. The van der Waals surface area contributed by atoms with E-state index in [0.29, 0.717) is 10.6 Å². The second-order valence-electron chi connectivity index (χ2n) is 4.69. The van der Waals surface area contributed by atoms with Gasteiger partial charge in [0.15, 0.2) is 11.7 Å². The van der Waals surface area contributed by atoms with Gasteiger partial charge in [-0.3, -0.25) is 9.59 Å². The molecule has 21 heavy (non-hydrogen) atoms. The molecule has 0 bridgehead atoms. The van der Waals surface area contributed by atoms with Crippen LogP contribution in [-0.4, -0.2) is 11.7 Å².